The third-order valence-electron chi connectivity index (χ3n) is 4.86. The Morgan fingerprint density at radius 3 is 2.86 bits per heavy atom. The van der Waals surface area contributed by atoms with Crippen molar-refractivity contribution < 1.29 is 17.5 Å². The molecule has 1 aromatic heterocycles. The van der Waals surface area contributed by atoms with E-state index >= 15 is 0 Å². The lowest BCUT2D eigenvalue weighted by Gasteiger charge is -2.29. The van der Waals surface area contributed by atoms with Crippen LogP contribution in [0.25, 0.3) is 5.57 Å². The van der Waals surface area contributed by atoms with Gasteiger partial charge >= 0.3 is 0 Å². The first kappa shape index (κ1) is 21.4. The molecule has 155 valence electrons. The highest BCUT2D eigenvalue weighted by Crippen LogP contribution is 2.30. The lowest BCUT2D eigenvalue weighted by molar-refractivity contribution is 0.195. The summed E-state index contributed by atoms with van der Waals surface area (Å²) in [7, 11) is -2.01. The molecule has 0 amide bonds. The summed E-state index contributed by atoms with van der Waals surface area (Å²) in [5.74, 6) is -0.356. The van der Waals surface area contributed by atoms with Crippen LogP contribution in [-0.4, -0.2) is 59.8 Å². The zero-order valence-electron chi connectivity index (χ0n) is 16.2. The molecule has 0 aliphatic carbocycles. The molecular formula is C20H24FN4O3S. The van der Waals surface area contributed by atoms with Crippen LogP contribution in [0, 0.1) is 12.4 Å². The minimum atomic E-state index is -3.55. The molecule has 0 bridgehead atoms. The maximum absolute atomic E-state index is 14.7. The van der Waals surface area contributed by atoms with Crippen molar-refractivity contribution in [3.05, 3.63) is 72.8 Å². The van der Waals surface area contributed by atoms with Gasteiger partial charge in [-0.3, -0.25) is 0 Å². The SMILES string of the molecule is C=CC(CCOC)S(=O)(=O)N1CC=C(c2c(F)cccc2[CH]n2ccnn2)CC1. The first-order valence-corrected chi connectivity index (χ1v) is 10.8. The van der Waals surface area contributed by atoms with Crippen LogP contribution in [0.4, 0.5) is 4.39 Å². The molecule has 2 aromatic rings. The van der Waals surface area contributed by atoms with Gasteiger partial charge in [0.25, 0.3) is 0 Å². The van der Waals surface area contributed by atoms with E-state index in [9.17, 15) is 12.8 Å². The van der Waals surface area contributed by atoms with E-state index in [0.717, 1.165) is 5.57 Å². The second kappa shape index (κ2) is 9.43. The van der Waals surface area contributed by atoms with Gasteiger partial charge in [-0.1, -0.05) is 29.5 Å². The number of aromatic nitrogens is 3. The summed E-state index contributed by atoms with van der Waals surface area (Å²) in [6, 6.07) is 4.82. The maximum Gasteiger partial charge on any atom is 0.220 e. The quantitative estimate of drug-likeness (QED) is 0.584. The monoisotopic (exact) mass is 419 g/mol. The first-order chi connectivity index (χ1) is 14.0. The van der Waals surface area contributed by atoms with Gasteiger partial charge in [0, 0.05) is 38.6 Å². The third-order valence-corrected chi connectivity index (χ3v) is 7.11. The summed E-state index contributed by atoms with van der Waals surface area (Å²) < 4.78 is 48.3. The molecule has 0 saturated carbocycles. The number of benzene rings is 1. The summed E-state index contributed by atoms with van der Waals surface area (Å²) in [6.07, 6.45) is 7.17. The van der Waals surface area contributed by atoms with Crippen LogP contribution in [-0.2, 0) is 14.8 Å². The molecule has 1 aliphatic rings. The van der Waals surface area contributed by atoms with Crippen LogP contribution in [0.5, 0.6) is 0 Å². The van der Waals surface area contributed by atoms with Crippen LogP contribution in [0.2, 0.25) is 0 Å². The summed E-state index contributed by atoms with van der Waals surface area (Å²) in [4.78, 5) is 0. The lowest BCUT2D eigenvalue weighted by Crippen LogP contribution is -2.40. The van der Waals surface area contributed by atoms with Crippen molar-refractivity contribution in [3.63, 3.8) is 0 Å². The minimum absolute atomic E-state index is 0.187. The molecule has 1 aliphatic heterocycles. The molecule has 29 heavy (non-hydrogen) atoms. The second-order valence-corrected chi connectivity index (χ2v) is 8.81. The molecule has 1 radical (unpaired) electrons. The molecule has 1 aromatic carbocycles. The van der Waals surface area contributed by atoms with E-state index in [1.54, 1.807) is 31.0 Å². The topological polar surface area (TPSA) is 77.3 Å². The number of nitrogens with zero attached hydrogens (tertiary/aromatic N) is 4. The number of ether oxygens (including phenoxy) is 1. The number of halogens is 1. The maximum atomic E-state index is 14.7. The molecule has 7 nitrogen and oxygen atoms in total. The Morgan fingerprint density at radius 1 is 1.41 bits per heavy atom. The van der Waals surface area contributed by atoms with E-state index in [4.69, 9.17) is 4.74 Å². The van der Waals surface area contributed by atoms with E-state index in [1.807, 2.05) is 0 Å². The molecule has 1 unspecified atom stereocenters. The van der Waals surface area contributed by atoms with Gasteiger partial charge in [0.05, 0.1) is 11.4 Å². The van der Waals surface area contributed by atoms with Gasteiger partial charge in [0.2, 0.25) is 10.0 Å². The molecule has 2 heterocycles. The largest absolute Gasteiger partial charge is 0.385 e. The van der Waals surface area contributed by atoms with Crippen molar-refractivity contribution in [3.8, 4) is 0 Å². The Hall–Kier alpha value is -2.36. The summed E-state index contributed by atoms with van der Waals surface area (Å²) in [5, 5.41) is 6.93. The standard InChI is InChI=1S/C20H24FN4O3S/c1-3-18(9-14-28-2)29(26,27)25-11-7-16(8-12-25)20-17(5-4-6-19(20)21)15-24-13-10-22-23-24/h3-7,10,13,15,18H,1,8-9,11-12,14H2,2H3. The van der Waals surface area contributed by atoms with Gasteiger partial charge in [0.1, 0.15) is 12.4 Å². The fourth-order valence-corrected chi connectivity index (χ4v) is 4.99. The number of hydrogen-bond acceptors (Lipinski definition) is 5. The van der Waals surface area contributed by atoms with E-state index in [-0.39, 0.29) is 18.9 Å². The summed E-state index contributed by atoms with van der Waals surface area (Å²) >= 11 is 0. The van der Waals surface area contributed by atoms with Gasteiger partial charge < -0.3 is 4.74 Å². The molecule has 1 atom stereocenters. The summed E-state index contributed by atoms with van der Waals surface area (Å²) in [6.45, 7) is 6.14. The van der Waals surface area contributed by atoms with Gasteiger partial charge in [-0.25, -0.2) is 17.5 Å². The predicted molar refractivity (Wildman–Crippen MR) is 109 cm³/mol. The third kappa shape index (κ3) is 4.80. The minimum Gasteiger partial charge on any atom is -0.385 e. The highest BCUT2D eigenvalue weighted by molar-refractivity contribution is 7.89. The molecule has 0 fully saturated rings. The van der Waals surface area contributed by atoms with Gasteiger partial charge in [-0.15, -0.1) is 11.7 Å². The molecule has 9 heteroatoms. The Labute approximate surface area is 170 Å². The number of rotatable bonds is 9. The highest BCUT2D eigenvalue weighted by atomic mass is 32.2. The zero-order chi connectivity index (χ0) is 20.9. The lowest BCUT2D eigenvalue weighted by atomic mass is 9.95. The van der Waals surface area contributed by atoms with Crippen molar-refractivity contribution in [2.45, 2.75) is 18.1 Å². The van der Waals surface area contributed by atoms with E-state index in [1.165, 1.54) is 34.4 Å². The average molecular weight is 420 g/mol. The van der Waals surface area contributed by atoms with Gasteiger partial charge in [0.15, 0.2) is 0 Å². The number of sulfonamides is 1. The Morgan fingerprint density at radius 2 is 2.24 bits per heavy atom. The first-order valence-electron chi connectivity index (χ1n) is 9.26. The number of methoxy groups -OCH3 is 1. The fraction of sp³-hybridized carbons (Fsp3) is 0.350. The molecule has 0 saturated heterocycles. The molecule has 0 spiro atoms. The van der Waals surface area contributed by atoms with Crippen LogP contribution in [0.15, 0.2) is 49.3 Å². The molecule has 3 rings (SSSR count). The van der Waals surface area contributed by atoms with Crippen molar-refractivity contribution >= 4 is 15.6 Å². The van der Waals surface area contributed by atoms with Crippen molar-refractivity contribution in [1.29, 1.82) is 0 Å². The predicted octanol–water partition coefficient (Wildman–Crippen LogP) is 2.49. The van der Waals surface area contributed by atoms with Crippen LogP contribution in [0.1, 0.15) is 24.0 Å². The zero-order valence-corrected chi connectivity index (χ0v) is 17.1. The average Bonchev–Trinajstić information content (AvgIpc) is 3.22. The van der Waals surface area contributed by atoms with Crippen LogP contribution >= 0.6 is 0 Å². The Bertz CT molecular complexity index is 974. The smallest absolute Gasteiger partial charge is 0.220 e. The Kier molecular flexibility index (Phi) is 6.94. The highest BCUT2D eigenvalue weighted by Gasteiger charge is 2.31. The van der Waals surface area contributed by atoms with Crippen molar-refractivity contribution in [2.24, 2.45) is 0 Å². The van der Waals surface area contributed by atoms with E-state index in [0.29, 0.717) is 30.6 Å². The van der Waals surface area contributed by atoms with Crippen molar-refractivity contribution in [1.82, 2.24) is 19.3 Å². The van der Waals surface area contributed by atoms with Gasteiger partial charge in [-0.2, -0.15) is 4.31 Å². The summed E-state index contributed by atoms with van der Waals surface area (Å²) in [5.41, 5.74) is 1.88. The van der Waals surface area contributed by atoms with Crippen molar-refractivity contribution in [2.75, 3.05) is 26.8 Å². The number of hydrogen-bond donors (Lipinski definition) is 0. The van der Waals surface area contributed by atoms with E-state index < -0.39 is 15.3 Å². The second-order valence-electron chi connectivity index (χ2n) is 6.65. The van der Waals surface area contributed by atoms with Crippen LogP contribution < -0.4 is 0 Å². The Balaban J connectivity index is 1.82. The molecular weight excluding hydrogens is 395 g/mol. The fourth-order valence-electron chi connectivity index (χ4n) is 3.34. The molecule has 0 N–H and O–H groups in total. The normalized spacial score (nSPS) is 16.4. The van der Waals surface area contributed by atoms with Gasteiger partial charge in [-0.05, 0) is 30.0 Å². The van der Waals surface area contributed by atoms with Crippen LogP contribution in [0.3, 0.4) is 0 Å². The van der Waals surface area contributed by atoms with E-state index in [2.05, 4.69) is 16.9 Å².